The van der Waals surface area contributed by atoms with Gasteiger partial charge < -0.3 is 25.4 Å². The van der Waals surface area contributed by atoms with Crippen LogP contribution in [0.3, 0.4) is 0 Å². The second kappa shape index (κ2) is 8.78. The first-order valence-corrected chi connectivity index (χ1v) is 7.29. The zero-order valence-corrected chi connectivity index (χ0v) is 13.1. The second-order valence-corrected chi connectivity index (χ2v) is 5.53. The van der Waals surface area contributed by atoms with Crippen LogP contribution in [0.25, 0.3) is 0 Å². The van der Waals surface area contributed by atoms with Gasteiger partial charge in [0.15, 0.2) is 0 Å². The summed E-state index contributed by atoms with van der Waals surface area (Å²) < 4.78 is 10.3. The van der Waals surface area contributed by atoms with Crippen molar-refractivity contribution in [2.75, 3.05) is 58.6 Å². The third-order valence-electron chi connectivity index (χ3n) is 2.56. The largest absolute Gasteiger partial charge is 0.397 e. The fourth-order valence-corrected chi connectivity index (χ4v) is 2.52. The molecular weight excluding hydrogens is 278 g/mol. The van der Waals surface area contributed by atoms with Crippen molar-refractivity contribution in [2.24, 2.45) is 0 Å². The summed E-state index contributed by atoms with van der Waals surface area (Å²) in [5.41, 5.74) is 6.37. The highest BCUT2D eigenvalue weighted by Gasteiger charge is 2.15. The van der Waals surface area contributed by atoms with Gasteiger partial charge in [-0.05, 0) is 12.5 Å². The molecule has 1 heterocycles. The molecule has 0 saturated carbocycles. The molecule has 0 bridgehead atoms. The maximum atomic E-state index is 11.9. The molecule has 0 spiro atoms. The molecule has 0 atom stereocenters. The van der Waals surface area contributed by atoms with Crippen LogP contribution in [-0.2, 0) is 9.47 Å². The van der Waals surface area contributed by atoms with Crippen LogP contribution in [0.4, 0.5) is 10.7 Å². The number of ether oxygens (including phenoxy) is 2. The van der Waals surface area contributed by atoms with Crippen LogP contribution in [0.2, 0.25) is 0 Å². The fourth-order valence-electron chi connectivity index (χ4n) is 1.49. The zero-order chi connectivity index (χ0) is 15.0. The van der Waals surface area contributed by atoms with Crippen molar-refractivity contribution < 1.29 is 14.3 Å². The van der Waals surface area contributed by atoms with Crippen molar-refractivity contribution >= 4 is 27.9 Å². The number of nitrogens with two attached hydrogens (primary N) is 1. The average molecular weight is 301 g/mol. The van der Waals surface area contributed by atoms with Gasteiger partial charge in [-0.1, -0.05) is 0 Å². The molecule has 0 saturated heterocycles. The van der Waals surface area contributed by atoms with E-state index in [4.69, 9.17) is 15.2 Å². The van der Waals surface area contributed by atoms with E-state index < -0.39 is 0 Å². The van der Waals surface area contributed by atoms with Crippen LogP contribution in [0.15, 0.2) is 6.07 Å². The number of rotatable bonds is 9. The zero-order valence-electron chi connectivity index (χ0n) is 12.3. The number of nitrogen functional groups attached to an aromatic ring is 1. The van der Waals surface area contributed by atoms with Gasteiger partial charge in [0.1, 0.15) is 4.88 Å². The van der Waals surface area contributed by atoms with Gasteiger partial charge in [-0.15, -0.1) is 11.3 Å². The van der Waals surface area contributed by atoms with Crippen molar-refractivity contribution in [1.82, 2.24) is 4.90 Å². The number of nitrogens with one attached hydrogen (secondary N) is 1. The van der Waals surface area contributed by atoms with Crippen molar-refractivity contribution in [3.05, 3.63) is 10.9 Å². The average Bonchev–Trinajstić information content (AvgIpc) is 2.78. The Morgan fingerprint density at radius 2 is 2.15 bits per heavy atom. The van der Waals surface area contributed by atoms with Crippen molar-refractivity contribution in [1.29, 1.82) is 0 Å². The number of carbonyl (C=O) groups excluding carboxylic acids is 1. The molecule has 0 aromatic carbocycles. The predicted molar refractivity (Wildman–Crippen MR) is 82.6 cm³/mol. The first kappa shape index (κ1) is 16.7. The summed E-state index contributed by atoms with van der Waals surface area (Å²) in [7, 11) is 5.08. The lowest BCUT2D eigenvalue weighted by atomic mass is 10.3. The van der Waals surface area contributed by atoms with Crippen LogP contribution in [-0.4, -0.2) is 58.4 Å². The fraction of sp³-hybridized carbons (Fsp3) is 0.615. The van der Waals surface area contributed by atoms with Crippen LogP contribution in [0, 0.1) is 0 Å². The molecule has 0 aliphatic rings. The van der Waals surface area contributed by atoms with Gasteiger partial charge in [0.2, 0.25) is 0 Å². The summed E-state index contributed by atoms with van der Waals surface area (Å²) in [5.74, 6) is -0.0663. The van der Waals surface area contributed by atoms with E-state index in [1.165, 1.54) is 16.2 Å². The van der Waals surface area contributed by atoms with E-state index in [1.54, 1.807) is 27.3 Å². The number of anilines is 2. The summed E-state index contributed by atoms with van der Waals surface area (Å²) in [6, 6.07) is 1.80. The number of nitrogens with zero attached hydrogens (tertiary/aromatic N) is 1. The highest BCUT2D eigenvalue weighted by atomic mass is 32.1. The molecule has 1 aromatic rings. The van der Waals surface area contributed by atoms with E-state index in [-0.39, 0.29) is 5.91 Å². The van der Waals surface area contributed by atoms with E-state index in [9.17, 15) is 4.79 Å². The van der Waals surface area contributed by atoms with Crippen LogP contribution >= 0.6 is 11.3 Å². The quantitative estimate of drug-likeness (QED) is 0.676. The van der Waals surface area contributed by atoms with Crippen LogP contribution in [0.5, 0.6) is 0 Å². The summed E-state index contributed by atoms with van der Waals surface area (Å²) in [5, 5.41) is 4.15. The highest BCUT2D eigenvalue weighted by molar-refractivity contribution is 7.18. The van der Waals surface area contributed by atoms with Crippen LogP contribution in [0.1, 0.15) is 16.1 Å². The molecule has 114 valence electrons. The molecule has 1 aromatic heterocycles. The highest BCUT2D eigenvalue weighted by Crippen LogP contribution is 2.29. The minimum absolute atomic E-state index is 0.0663. The van der Waals surface area contributed by atoms with Gasteiger partial charge in [0, 0.05) is 34.4 Å². The molecule has 3 N–H and O–H groups in total. The van der Waals surface area contributed by atoms with E-state index in [0.717, 1.165) is 18.0 Å². The molecule has 7 heteroatoms. The van der Waals surface area contributed by atoms with Gasteiger partial charge in [-0.3, -0.25) is 4.79 Å². The number of carbonyl (C=O) groups is 1. The number of hydrogen-bond acceptors (Lipinski definition) is 6. The van der Waals surface area contributed by atoms with Gasteiger partial charge in [-0.2, -0.15) is 0 Å². The molecule has 0 fully saturated rings. The molecule has 20 heavy (non-hydrogen) atoms. The first-order valence-electron chi connectivity index (χ1n) is 6.47. The predicted octanol–water partition coefficient (Wildman–Crippen LogP) is 1.50. The number of hydrogen-bond donors (Lipinski definition) is 2. The van der Waals surface area contributed by atoms with Gasteiger partial charge >= 0.3 is 0 Å². The monoisotopic (exact) mass is 301 g/mol. The van der Waals surface area contributed by atoms with E-state index >= 15 is 0 Å². The SMILES string of the molecule is COCCOCCCNc1cc(N)c(C(=O)N(C)C)s1. The number of amides is 1. The molecule has 0 radical (unpaired) electrons. The van der Waals surface area contributed by atoms with Gasteiger partial charge in [0.05, 0.1) is 23.9 Å². The Bertz CT molecular complexity index is 421. The van der Waals surface area contributed by atoms with E-state index in [2.05, 4.69) is 5.32 Å². The summed E-state index contributed by atoms with van der Waals surface area (Å²) >= 11 is 1.38. The third kappa shape index (κ3) is 5.36. The molecule has 6 nitrogen and oxygen atoms in total. The lowest BCUT2D eigenvalue weighted by Crippen LogP contribution is -2.21. The third-order valence-corrected chi connectivity index (χ3v) is 3.65. The Kier molecular flexibility index (Phi) is 7.35. The Balaban J connectivity index is 2.31. The van der Waals surface area contributed by atoms with E-state index in [0.29, 0.717) is 30.4 Å². The van der Waals surface area contributed by atoms with Gasteiger partial charge in [-0.25, -0.2) is 0 Å². The van der Waals surface area contributed by atoms with Crippen molar-refractivity contribution in [2.45, 2.75) is 6.42 Å². The summed E-state index contributed by atoms with van der Waals surface area (Å²) in [6.45, 7) is 2.69. The topological polar surface area (TPSA) is 76.8 Å². The van der Waals surface area contributed by atoms with E-state index in [1.807, 2.05) is 0 Å². The summed E-state index contributed by atoms with van der Waals surface area (Å²) in [6.07, 6.45) is 0.887. The van der Waals surface area contributed by atoms with Crippen LogP contribution < -0.4 is 11.1 Å². The first-order chi connectivity index (χ1) is 9.56. The maximum Gasteiger partial charge on any atom is 0.265 e. The lowest BCUT2D eigenvalue weighted by Gasteiger charge is -2.08. The smallest absolute Gasteiger partial charge is 0.265 e. The lowest BCUT2D eigenvalue weighted by molar-refractivity contribution is 0.0705. The van der Waals surface area contributed by atoms with Gasteiger partial charge in [0.25, 0.3) is 5.91 Å². The number of thiophene rings is 1. The normalized spacial score (nSPS) is 10.6. The Morgan fingerprint density at radius 1 is 1.40 bits per heavy atom. The second-order valence-electron chi connectivity index (χ2n) is 4.48. The Hall–Kier alpha value is -1.31. The Morgan fingerprint density at radius 3 is 2.80 bits per heavy atom. The molecule has 1 rings (SSSR count). The Labute approximate surface area is 123 Å². The minimum Gasteiger partial charge on any atom is -0.397 e. The number of methoxy groups -OCH3 is 1. The van der Waals surface area contributed by atoms with Crippen molar-refractivity contribution in [3.8, 4) is 0 Å². The molecular formula is C13H23N3O3S. The standard InChI is InChI=1S/C13H23N3O3S/c1-16(2)13(17)12-10(14)9-11(20-12)15-5-4-6-19-8-7-18-3/h9,15H,4-8,14H2,1-3H3. The summed E-state index contributed by atoms with van der Waals surface area (Å²) in [4.78, 5) is 14.0. The minimum atomic E-state index is -0.0663. The molecule has 0 aliphatic heterocycles. The molecule has 0 aliphatic carbocycles. The van der Waals surface area contributed by atoms with Crippen molar-refractivity contribution in [3.63, 3.8) is 0 Å². The molecule has 1 amide bonds. The maximum absolute atomic E-state index is 11.9. The molecule has 0 unspecified atom stereocenters.